The molecule has 1 aromatic rings. The Balaban J connectivity index is 1.76. The van der Waals surface area contributed by atoms with E-state index >= 15 is 0 Å². The Morgan fingerprint density at radius 2 is 2.27 bits per heavy atom. The second-order valence-corrected chi connectivity index (χ2v) is 6.64. The summed E-state index contributed by atoms with van der Waals surface area (Å²) in [6.07, 6.45) is 2.90. The average Bonchev–Trinajstić information content (AvgIpc) is 2.96. The fourth-order valence-corrected chi connectivity index (χ4v) is 3.86. The van der Waals surface area contributed by atoms with Gasteiger partial charge in [-0.2, -0.15) is 0 Å². The van der Waals surface area contributed by atoms with E-state index in [2.05, 4.69) is 4.90 Å². The number of ether oxygens (including phenoxy) is 2. The average molecular weight is 326 g/mol. The Morgan fingerprint density at radius 1 is 1.41 bits per heavy atom. The lowest BCUT2D eigenvalue weighted by atomic mass is 9.94. The van der Waals surface area contributed by atoms with Crippen molar-refractivity contribution >= 4 is 11.6 Å². The van der Waals surface area contributed by atoms with Crippen LogP contribution in [0.25, 0.3) is 0 Å². The second kappa shape index (κ2) is 7.18. The van der Waals surface area contributed by atoms with E-state index in [1.807, 2.05) is 18.2 Å². The first-order valence-corrected chi connectivity index (χ1v) is 8.39. The summed E-state index contributed by atoms with van der Waals surface area (Å²) in [5.41, 5.74) is 1.07. The number of methoxy groups -OCH3 is 1. The molecule has 5 heteroatoms. The highest BCUT2D eigenvalue weighted by molar-refractivity contribution is 6.31. The molecule has 1 heterocycles. The third kappa shape index (κ3) is 3.40. The summed E-state index contributed by atoms with van der Waals surface area (Å²) in [4.78, 5) is 2.41. The van der Waals surface area contributed by atoms with Crippen LogP contribution in [-0.2, 0) is 11.3 Å². The molecule has 4 nitrogen and oxygen atoms in total. The molecule has 1 aliphatic heterocycles. The molecule has 1 saturated carbocycles. The van der Waals surface area contributed by atoms with Crippen LogP contribution in [-0.4, -0.2) is 49.0 Å². The number of aliphatic hydroxyl groups is 1. The Hall–Kier alpha value is -0.810. The molecule has 3 atom stereocenters. The van der Waals surface area contributed by atoms with Crippen molar-refractivity contribution in [3.63, 3.8) is 0 Å². The van der Waals surface area contributed by atoms with Crippen LogP contribution in [0.15, 0.2) is 18.2 Å². The monoisotopic (exact) mass is 325 g/mol. The zero-order valence-electron chi connectivity index (χ0n) is 13.0. The van der Waals surface area contributed by atoms with Gasteiger partial charge in [0.15, 0.2) is 0 Å². The van der Waals surface area contributed by atoms with Crippen molar-refractivity contribution in [1.29, 1.82) is 0 Å². The van der Waals surface area contributed by atoms with Crippen LogP contribution in [0.3, 0.4) is 0 Å². The van der Waals surface area contributed by atoms with E-state index < -0.39 is 0 Å². The van der Waals surface area contributed by atoms with Gasteiger partial charge >= 0.3 is 0 Å². The van der Waals surface area contributed by atoms with Gasteiger partial charge in [-0.05, 0) is 36.6 Å². The second-order valence-electron chi connectivity index (χ2n) is 6.23. The molecular formula is C17H24ClNO3. The summed E-state index contributed by atoms with van der Waals surface area (Å²) in [6.45, 7) is 3.08. The molecule has 0 bridgehead atoms. The van der Waals surface area contributed by atoms with Crippen LogP contribution < -0.4 is 4.74 Å². The van der Waals surface area contributed by atoms with Gasteiger partial charge in [0.2, 0.25) is 0 Å². The maximum absolute atomic E-state index is 10.2. The molecule has 122 valence electrons. The van der Waals surface area contributed by atoms with Gasteiger partial charge < -0.3 is 14.6 Å². The smallest absolute Gasteiger partial charge is 0.119 e. The van der Waals surface area contributed by atoms with E-state index in [0.717, 1.165) is 55.3 Å². The van der Waals surface area contributed by atoms with Gasteiger partial charge in [0.05, 0.1) is 26.4 Å². The van der Waals surface area contributed by atoms with Gasteiger partial charge in [0.1, 0.15) is 5.75 Å². The number of hydrogen-bond acceptors (Lipinski definition) is 4. The predicted octanol–water partition coefficient (Wildman–Crippen LogP) is 2.71. The number of benzene rings is 1. The summed E-state index contributed by atoms with van der Waals surface area (Å²) in [5, 5.41) is 11.0. The van der Waals surface area contributed by atoms with Crippen LogP contribution in [0.1, 0.15) is 24.8 Å². The quantitative estimate of drug-likeness (QED) is 0.924. The molecule has 1 aliphatic carbocycles. The van der Waals surface area contributed by atoms with E-state index in [0.29, 0.717) is 12.5 Å². The maximum atomic E-state index is 10.2. The fourth-order valence-electron chi connectivity index (χ4n) is 3.68. The van der Waals surface area contributed by atoms with Crippen molar-refractivity contribution < 1.29 is 14.6 Å². The topological polar surface area (TPSA) is 41.9 Å². The molecule has 1 N–H and O–H groups in total. The van der Waals surface area contributed by atoms with Crippen molar-refractivity contribution in [2.24, 2.45) is 5.92 Å². The predicted molar refractivity (Wildman–Crippen MR) is 86.4 cm³/mol. The lowest BCUT2D eigenvalue weighted by Gasteiger charge is -2.40. The van der Waals surface area contributed by atoms with Gasteiger partial charge in [-0.1, -0.05) is 18.0 Å². The minimum Gasteiger partial charge on any atom is -0.497 e. The van der Waals surface area contributed by atoms with E-state index in [1.165, 1.54) is 0 Å². The fraction of sp³-hybridized carbons (Fsp3) is 0.647. The molecule has 1 saturated heterocycles. The van der Waals surface area contributed by atoms with E-state index in [-0.39, 0.29) is 12.1 Å². The third-order valence-corrected chi connectivity index (χ3v) is 5.30. The number of rotatable bonds is 4. The molecule has 0 spiro atoms. The molecule has 1 aromatic carbocycles. The van der Waals surface area contributed by atoms with Crippen molar-refractivity contribution in [1.82, 2.24) is 4.90 Å². The van der Waals surface area contributed by atoms with Gasteiger partial charge in [-0.25, -0.2) is 0 Å². The van der Waals surface area contributed by atoms with E-state index in [1.54, 1.807) is 7.11 Å². The van der Waals surface area contributed by atoms with Crippen LogP contribution in [0.2, 0.25) is 5.02 Å². The van der Waals surface area contributed by atoms with Crippen LogP contribution in [0.4, 0.5) is 0 Å². The first-order valence-electron chi connectivity index (χ1n) is 8.01. The molecule has 3 rings (SSSR count). The molecule has 0 radical (unpaired) electrons. The van der Waals surface area contributed by atoms with Crippen LogP contribution in [0.5, 0.6) is 5.75 Å². The van der Waals surface area contributed by atoms with Gasteiger partial charge in [0, 0.05) is 30.1 Å². The number of nitrogens with zero attached hydrogens (tertiary/aromatic N) is 1. The first kappa shape index (κ1) is 16.1. The Morgan fingerprint density at radius 3 is 3.00 bits per heavy atom. The summed E-state index contributed by atoms with van der Waals surface area (Å²) < 4.78 is 11.0. The van der Waals surface area contributed by atoms with Gasteiger partial charge in [-0.3, -0.25) is 4.90 Å². The van der Waals surface area contributed by atoms with Crippen molar-refractivity contribution in [2.45, 2.75) is 38.0 Å². The summed E-state index contributed by atoms with van der Waals surface area (Å²) >= 11 is 6.35. The van der Waals surface area contributed by atoms with E-state index in [4.69, 9.17) is 21.1 Å². The lowest BCUT2D eigenvalue weighted by Crippen LogP contribution is -2.50. The third-order valence-electron chi connectivity index (χ3n) is 4.93. The zero-order valence-corrected chi connectivity index (χ0v) is 13.8. The SMILES string of the molecule is COc1ccc(Cl)c(CN2CCOC[C@@H]2[C@@H]2CCC[C@H]2O)c1. The van der Waals surface area contributed by atoms with Crippen LogP contribution >= 0.6 is 11.6 Å². The summed E-state index contributed by atoms with van der Waals surface area (Å²) in [7, 11) is 1.67. The highest BCUT2D eigenvalue weighted by Crippen LogP contribution is 2.33. The largest absolute Gasteiger partial charge is 0.497 e. The van der Waals surface area contributed by atoms with E-state index in [9.17, 15) is 5.11 Å². The number of hydrogen-bond donors (Lipinski definition) is 1. The number of aliphatic hydroxyl groups excluding tert-OH is 1. The number of halogens is 1. The summed E-state index contributed by atoms with van der Waals surface area (Å²) in [5.74, 6) is 1.13. The number of morpholine rings is 1. The van der Waals surface area contributed by atoms with Gasteiger partial charge in [-0.15, -0.1) is 0 Å². The van der Waals surface area contributed by atoms with Crippen molar-refractivity contribution in [3.05, 3.63) is 28.8 Å². The van der Waals surface area contributed by atoms with Crippen LogP contribution in [0, 0.1) is 5.92 Å². The molecule has 0 unspecified atom stereocenters. The molecule has 0 amide bonds. The molecule has 2 aliphatic rings. The summed E-state index contributed by atoms with van der Waals surface area (Å²) in [6, 6.07) is 6.03. The minimum absolute atomic E-state index is 0.199. The molecule has 22 heavy (non-hydrogen) atoms. The normalized spacial score (nSPS) is 29.7. The molecule has 0 aromatic heterocycles. The molecule has 2 fully saturated rings. The highest BCUT2D eigenvalue weighted by atomic mass is 35.5. The minimum atomic E-state index is -0.199. The lowest BCUT2D eigenvalue weighted by molar-refractivity contribution is -0.0536. The Bertz CT molecular complexity index is 511. The Kier molecular flexibility index (Phi) is 5.24. The van der Waals surface area contributed by atoms with Crippen molar-refractivity contribution in [2.75, 3.05) is 26.9 Å². The zero-order chi connectivity index (χ0) is 15.5. The van der Waals surface area contributed by atoms with Gasteiger partial charge in [0.25, 0.3) is 0 Å². The standard InChI is InChI=1S/C17H24ClNO3/c1-21-13-5-6-15(18)12(9-13)10-19-7-8-22-11-16(19)14-3-2-4-17(14)20/h5-6,9,14,16-17,20H,2-4,7-8,10-11H2,1H3/t14-,16+,17+/m0/s1. The van der Waals surface area contributed by atoms with Crippen molar-refractivity contribution in [3.8, 4) is 5.75 Å². The Labute approximate surface area is 137 Å². The highest BCUT2D eigenvalue weighted by Gasteiger charge is 2.37. The first-order chi connectivity index (χ1) is 10.7. The maximum Gasteiger partial charge on any atom is 0.119 e. The molecular weight excluding hydrogens is 302 g/mol.